The van der Waals surface area contributed by atoms with Gasteiger partial charge in [0.15, 0.2) is 0 Å². The predicted molar refractivity (Wildman–Crippen MR) is 175 cm³/mol. The van der Waals surface area contributed by atoms with Crippen molar-refractivity contribution in [1.29, 1.82) is 0 Å². The minimum absolute atomic E-state index is 0.00223. The Hall–Kier alpha value is -2.88. The van der Waals surface area contributed by atoms with Gasteiger partial charge < -0.3 is 15.3 Å². The van der Waals surface area contributed by atoms with Crippen LogP contribution in [0.25, 0.3) is 0 Å². The summed E-state index contributed by atoms with van der Waals surface area (Å²) in [6.07, 6.45) is 0.922. The number of rotatable bonds is 19. The average Bonchev–Trinajstić information content (AvgIpc) is 2.95. The van der Waals surface area contributed by atoms with Crippen molar-refractivity contribution in [2.75, 3.05) is 31.9 Å². The Morgan fingerprint density at radius 3 is 2.00 bits per heavy atom. The number of sulfonamides is 2. The minimum atomic E-state index is -4.28. The molecule has 5 N–H and O–H groups in total. The lowest BCUT2D eigenvalue weighted by atomic mass is 10.00. The predicted octanol–water partition coefficient (Wildman–Crippen LogP) is 2.50. The van der Waals surface area contributed by atoms with E-state index in [1.807, 2.05) is 51.1 Å². The molecule has 252 valence electrons. The third kappa shape index (κ3) is 12.8. The lowest BCUT2D eigenvalue weighted by molar-refractivity contribution is 0.0618. The normalized spacial score (nSPS) is 13.5. The van der Waals surface area contributed by atoms with Gasteiger partial charge in [0, 0.05) is 37.3 Å². The maximum Gasteiger partial charge on any atom is 0.253 e. The molecule has 2 aromatic carbocycles. The zero-order valence-electron chi connectivity index (χ0n) is 26.9. The fraction of sp³-hybridized carbons (Fsp3) is 0.548. The van der Waals surface area contributed by atoms with Crippen molar-refractivity contribution < 1.29 is 31.5 Å². The second-order valence-corrected chi connectivity index (χ2v) is 14.9. The van der Waals surface area contributed by atoms with Crippen LogP contribution in [0, 0.1) is 5.92 Å². The highest BCUT2D eigenvalue weighted by molar-refractivity contribution is 7.89. The van der Waals surface area contributed by atoms with Gasteiger partial charge in [-0.25, -0.2) is 27.0 Å². The lowest BCUT2D eigenvalue weighted by Gasteiger charge is -2.30. The van der Waals surface area contributed by atoms with E-state index in [1.54, 1.807) is 18.7 Å². The molecule has 2 atom stereocenters. The third-order valence-corrected chi connectivity index (χ3v) is 9.35. The molecule has 0 spiro atoms. The van der Waals surface area contributed by atoms with Crippen molar-refractivity contribution >= 4 is 31.9 Å². The number of benzene rings is 2. The maximum atomic E-state index is 13.7. The number of aliphatic hydroxyl groups excluding tert-OH is 1. The number of primary sulfonamides is 1. The van der Waals surface area contributed by atoms with Crippen LogP contribution in [0.4, 0.5) is 0 Å². The SMILES string of the molecule is CCCN(CC(O)C(Cc1ccccc1)NC(=O)c1cc(C(=O)N(CCC)CCC)cc(S(N)(=O)=O)c1)NS(=O)(=O)CC(C)C. The first kappa shape index (κ1) is 38.3. The first-order valence-electron chi connectivity index (χ1n) is 15.3. The number of aliphatic hydroxyl groups is 1. The van der Waals surface area contributed by atoms with E-state index < -0.39 is 44.0 Å². The molecule has 14 heteroatoms. The number of hydrogen-bond acceptors (Lipinski definition) is 8. The number of hydrazine groups is 1. The molecule has 0 radical (unpaired) electrons. The van der Waals surface area contributed by atoms with Crippen LogP contribution in [-0.2, 0) is 26.5 Å². The van der Waals surface area contributed by atoms with Crippen molar-refractivity contribution in [2.45, 2.75) is 77.3 Å². The van der Waals surface area contributed by atoms with E-state index in [0.717, 1.165) is 17.7 Å². The quantitative estimate of drug-likeness (QED) is 0.165. The monoisotopic (exact) mass is 667 g/mol. The number of carbonyl (C=O) groups excluding carboxylic acids is 2. The van der Waals surface area contributed by atoms with Crippen LogP contribution in [0.2, 0.25) is 0 Å². The zero-order chi connectivity index (χ0) is 33.8. The van der Waals surface area contributed by atoms with Crippen LogP contribution in [-0.4, -0.2) is 87.7 Å². The van der Waals surface area contributed by atoms with Gasteiger partial charge in [-0.05, 0) is 55.4 Å². The highest BCUT2D eigenvalue weighted by atomic mass is 32.2. The largest absolute Gasteiger partial charge is 0.390 e. The number of carbonyl (C=O) groups is 2. The maximum absolute atomic E-state index is 13.7. The van der Waals surface area contributed by atoms with E-state index in [0.29, 0.717) is 38.9 Å². The van der Waals surface area contributed by atoms with Crippen LogP contribution in [0.3, 0.4) is 0 Å². The van der Waals surface area contributed by atoms with E-state index in [9.17, 15) is 31.5 Å². The Balaban J connectivity index is 2.47. The summed E-state index contributed by atoms with van der Waals surface area (Å²) in [7, 11) is -7.95. The van der Waals surface area contributed by atoms with Gasteiger partial charge in [-0.15, -0.1) is 4.83 Å². The fourth-order valence-electron chi connectivity index (χ4n) is 4.93. The van der Waals surface area contributed by atoms with E-state index in [4.69, 9.17) is 5.14 Å². The van der Waals surface area contributed by atoms with E-state index >= 15 is 0 Å². The van der Waals surface area contributed by atoms with Gasteiger partial charge in [0.25, 0.3) is 11.8 Å². The number of hydrogen-bond donors (Lipinski definition) is 4. The summed E-state index contributed by atoms with van der Waals surface area (Å²) in [5.41, 5.74) is 0.682. The third-order valence-electron chi connectivity index (χ3n) is 6.82. The molecule has 2 unspecified atom stereocenters. The first-order chi connectivity index (χ1) is 21.1. The van der Waals surface area contributed by atoms with Crippen molar-refractivity contribution in [3.8, 4) is 0 Å². The van der Waals surface area contributed by atoms with Gasteiger partial charge in [-0.1, -0.05) is 65.0 Å². The van der Waals surface area contributed by atoms with Gasteiger partial charge >= 0.3 is 0 Å². The molecule has 0 bridgehead atoms. The van der Waals surface area contributed by atoms with Gasteiger partial charge in [0.1, 0.15) is 0 Å². The fourth-order valence-corrected chi connectivity index (χ4v) is 7.02. The summed E-state index contributed by atoms with van der Waals surface area (Å²) in [5, 5.41) is 21.0. The summed E-state index contributed by atoms with van der Waals surface area (Å²) in [4.78, 5) is 30.8. The second kappa shape index (κ2) is 17.7. The highest BCUT2D eigenvalue weighted by Gasteiger charge is 2.28. The molecule has 0 aliphatic carbocycles. The average molecular weight is 668 g/mol. The van der Waals surface area contributed by atoms with Crippen LogP contribution >= 0.6 is 0 Å². The topological polar surface area (TPSA) is 179 Å². The van der Waals surface area contributed by atoms with Crippen molar-refractivity contribution in [2.24, 2.45) is 11.1 Å². The molecule has 0 heterocycles. The summed E-state index contributed by atoms with van der Waals surface area (Å²) >= 11 is 0. The van der Waals surface area contributed by atoms with Gasteiger partial charge in [0.05, 0.1) is 22.8 Å². The molecule has 0 saturated carbocycles. The Morgan fingerprint density at radius 2 is 1.47 bits per heavy atom. The van der Waals surface area contributed by atoms with E-state index in [-0.39, 0.29) is 40.7 Å². The molecule has 0 fully saturated rings. The van der Waals surface area contributed by atoms with Crippen LogP contribution in [0.5, 0.6) is 0 Å². The summed E-state index contributed by atoms with van der Waals surface area (Å²) < 4.78 is 50.1. The molecule has 0 saturated heterocycles. The Labute approximate surface area is 268 Å². The molecule has 2 amide bonds. The molecule has 0 aromatic heterocycles. The molecular formula is C31H49N5O7S2. The van der Waals surface area contributed by atoms with Crippen LogP contribution < -0.4 is 15.3 Å². The Bertz CT molecular complexity index is 1460. The Morgan fingerprint density at radius 1 is 0.889 bits per heavy atom. The Kier molecular flexibility index (Phi) is 15.1. The van der Waals surface area contributed by atoms with E-state index in [2.05, 4.69) is 10.1 Å². The first-order valence-corrected chi connectivity index (χ1v) is 18.5. The van der Waals surface area contributed by atoms with Gasteiger partial charge in [0.2, 0.25) is 20.0 Å². The summed E-state index contributed by atoms with van der Waals surface area (Å²) in [6.45, 7) is 10.4. The lowest BCUT2D eigenvalue weighted by Crippen LogP contribution is -2.53. The van der Waals surface area contributed by atoms with Gasteiger partial charge in [-0.2, -0.15) is 0 Å². The molecule has 2 rings (SSSR count). The van der Waals surface area contributed by atoms with Crippen molar-refractivity contribution in [3.05, 3.63) is 65.2 Å². The summed E-state index contributed by atoms with van der Waals surface area (Å²) in [6, 6.07) is 11.8. The van der Waals surface area contributed by atoms with E-state index in [1.165, 1.54) is 11.1 Å². The van der Waals surface area contributed by atoms with Crippen molar-refractivity contribution in [1.82, 2.24) is 20.1 Å². The number of nitrogens with two attached hydrogens (primary N) is 1. The molecule has 0 aliphatic rings. The highest BCUT2D eigenvalue weighted by Crippen LogP contribution is 2.18. The van der Waals surface area contributed by atoms with Gasteiger partial charge in [-0.3, -0.25) is 9.59 Å². The zero-order valence-corrected chi connectivity index (χ0v) is 28.5. The summed E-state index contributed by atoms with van der Waals surface area (Å²) in [5.74, 6) is -1.36. The number of amides is 2. The molecule has 0 aliphatic heterocycles. The number of nitrogens with zero attached hydrogens (tertiary/aromatic N) is 2. The molecule has 45 heavy (non-hydrogen) atoms. The standard InChI is InChI=1S/C31H49N5O7S2/c1-6-14-35(15-7-2)31(39)26-18-25(19-27(20-26)45(32,42)43)30(38)33-28(17-24-12-10-9-11-13-24)29(37)21-36(16-8-3)34-44(40,41)22-23(4)5/h9-13,18-20,23,28-29,34,37H,6-8,14-17,21-22H2,1-5H3,(H,33,38)(H2,32,42,43). The smallest absolute Gasteiger partial charge is 0.253 e. The van der Waals surface area contributed by atoms with Crippen LogP contribution in [0.1, 0.15) is 80.2 Å². The van der Waals surface area contributed by atoms with Crippen molar-refractivity contribution in [3.63, 3.8) is 0 Å². The molecule has 2 aromatic rings. The van der Waals surface area contributed by atoms with Crippen LogP contribution in [0.15, 0.2) is 53.4 Å². The number of nitrogens with one attached hydrogen (secondary N) is 2. The molecule has 12 nitrogen and oxygen atoms in total. The second-order valence-electron chi connectivity index (χ2n) is 11.6. The molecular weight excluding hydrogens is 619 g/mol. The minimum Gasteiger partial charge on any atom is -0.390 e.